The van der Waals surface area contributed by atoms with E-state index >= 15 is 0 Å². The van der Waals surface area contributed by atoms with Crippen molar-refractivity contribution in [3.05, 3.63) is 36.3 Å². The Morgan fingerprint density at radius 3 is 2.21 bits per heavy atom. The van der Waals surface area contributed by atoms with Gasteiger partial charge in [0.2, 0.25) is 0 Å². The predicted octanol–water partition coefficient (Wildman–Crippen LogP) is 3.52. The minimum atomic E-state index is -0.474. The van der Waals surface area contributed by atoms with Gasteiger partial charge >= 0.3 is 0 Å². The lowest BCUT2D eigenvalue weighted by molar-refractivity contribution is -0.153. The molecule has 0 atom stereocenters. The first kappa shape index (κ1) is 10.9. The van der Waals surface area contributed by atoms with Crippen LogP contribution in [0, 0.1) is 0 Å². The summed E-state index contributed by atoms with van der Waals surface area (Å²) in [6.45, 7) is 9.78. The van der Waals surface area contributed by atoms with Gasteiger partial charge in [-0.2, -0.15) is 0 Å². The number of hydrogen-bond acceptors (Lipinski definition) is 2. The zero-order valence-corrected chi connectivity index (χ0v) is 9.17. The van der Waals surface area contributed by atoms with Gasteiger partial charge in [-0.3, -0.25) is 0 Å². The molecule has 0 saturated heterocycles. The van der Waals surface area contributed by atoms with Crippen molar-refractivity contribution >= 4 is 0 Å². The van der Waals surface area contributed by atoms with E-state index in [2.05, 4.69) is 20.4 Å². The van der Waals surface area contributed by atoms with Crippen LogP contribution in [0.25, 0.3) is 0 Å². The Labute approximate surface area is 85.9 Å². The Hall–Kier alpha value is -1.18. The lowest BCUT2D eigenvalue weighted by Crippen LogP contribution is -2.28. The van der Waals surface area contributed by atoms with Crippen LogP contribution >= 0.6 is 0 Å². The van der Waals surface area contributed by atoms with Crippen molar-refractivity contribution in [2.24, 2.45) is 0 Å². The Bertz CT molecular complexity index is 270. The summed E-state index contributed by atoms with van der Waals surface area (Å²) in [5.41, 5.74) is 0. The topological polar surface area (TPSA) is 18.5 Å². The van der Waals surface area contributed by atoms with Gasteiger partial charge in [0, 0.05) is 12.8 Å². The summed E-state index contributed by atoms with van der Waals surface area (Å²) in [5.74, 6) is 1.05. The molecule has 78 valence electrons. The summed E-state index contributed by atoms with van der Waals surface area (Å²) in [6.07, 6.45) is 7.21. The molecule has 14 heavy (non-hydrogen) atoms. The number of allylic oxidation sites excluding steroid dienone is 3. The molecule has 1 heterocycles. The summed E-state index contributed by atoms with van der Waals surface area (Å²) in [4.78, 5) is 0. The second-order valence-corrected chi connectivity index (χ2v) is 3.25. The first-order valence-corrected chi connectivity index (χ1v) is 5.08. The highest BCUT2D eigenvalue weighted by Crippen LogP contribution is 2.36. The van der Waals surface area contributed by atoms with Crippen LogP contribution in [-0.4, -0.2) is 5.79 Å². The largest absolute Gasteiger partial charge is 0.448 e. The third-order valence-corrected chi connectivity index (χ3v) is 2.42. The second-order valence-electron chi connectivity index (χ2n) is 3.25. The van der Waals surface area contributed by atoms with Crippen LogP contribution in [0.3, 0.4) is 0 Å². The summed E-state index contributed by atoms with van der Waals surface area (Å²) < 4.78 is 11.5. The molecule has 0 N–H and O–H groups in total. The molecule has 0 amide bonds. The second kappa shape index (κ2) is 4.36. The fourth-order valence-corrected chi connectivity index (χ4v) is 1.47. The molecule has 0 saturated carbocycles. The molecule has 0 unspecified atom stereocenters. The van der Waals surface area contributed by atoms with E-state index in [1.807, 2.05) is 19.1 Å². The molecule has 0 aromatic heterocycles. The Kier molecular flexibility index (Phi) is 3.39. The van der Waals surface area contributed by atoms with Gasteiger partial charge in [0.1, 0.15) is 0 Å². The molecular weight excluding hydrogens is 176 g/mol. The van der Waals surface area contributed by atoms with E-state index in [4.69, 9.17) is 9.47 Å². The van der Waals surface area contributed by atoms with Gasteiger partial charge in [-0.1, -0.05) is 26.5 Å². The average molecular weight is 194 g/mol. The van der Waals surface area contributed by atoms with Gasteiger partial charge < -0.3 is 9.47 Å². The van der Waals surface area contributed by atoms with Crippen molar-refractivity contribution in [1.82, 2.24) is 0 Å². The standard InChI is InChI=1S/C12H18O2/c1-5-9-11-10(6-2)13-12(7-3,8-4)14-11/h5-6,9H,2,7-8H2,1,3-4H3/b9-5-. The SMILES string of the molecule is C=CC1=C(/C=C\C)OC(CC)(CC)O1. The first-order valence-electron chi connectivity index (χ1n) is 5.08. The lowest BCUT2D eigenvalue weighted by Gasteiger charge is -2.25. The van der Waals surface area contributed by atoms with Crippen molar-refractivity contribution in [3.63, 3.8) is 0 Å². The maximum absolute atomic E-state index is 5.79. The summed E-state index contributed by atoms with van der Waals surface area (Å²) in [7, 11) is 0. The minimum absolute atomic E-state index is 0.474. The fraction of sp³-hybridized carbons (Fsp3) is 0.500. The van der Waals surface area contributed by atoms with Gasteiger partial charge in [0.05, 0.1) is 0 Å². The normalized spacial score (nSPS) is 19.6. The molecule has 0 fully saturated rings. The molecule has 0 radical (unpaired) electrons. The van der Waals surface area contributed by atoms with Gasteiger partial charge in [-0.15, -0.1) is 0 Å². The zero-order valence-electron chi connectivity index (χ0n) is 9.17. The van der Waals surface area contributed by atoms with Crippen molar-refractivity contribution in [3.8, 4) is 0 Å². The first-order chi connectivity index (χ1) is 6.71. The minimum Gasteiger partial charge on any atom is -0.448 e. The van der Waals surface area contributed by atoms with Gasteiger partial charge in [0.15, 0.2) is 11.5 Å². The monoisotopic (exact) mass is 194 g/mol. The number of hydrogen-bond donors (Lipinski definition) is 0. The molecule has 1 aliphatic heterocycles. The third kappa shape index (κ3) is 1.84. The summed E-state index contributed by atoms with van der Waals surface area (Å²) >= 11 is 0. The number of ether oxygens (including phenoxy) is 2. The van der Waals surface area contributed by atoms with Crippen molar-refractivity contribution in [2.75, 3.05) is 0 Å². The summed E-state index contributed by atoms with van der Waals surface area (Å²) in [6, 6.07) is 0. The molecule has 1 aliphatic rings. The van der Waals surface area contributed by atoms with Crippen molar-refractivity contribution in [2.45, 2.75) is 39.4 Å². The van der Waals surface area contributed by atoms with Gasteiger partial charge in [-0.25, -0.2) is 0 Å². The highest BCUT2D eigenvalue weighted by atomic mass is 16.7. The highest BCUT2D eigenvalue weighted by Gasteiger charge is 2.37. The Morgan fingerprint density at radius 1 is 1.21 bits per heavy atom. The van der Waals surface area contributed by atoms with E-state index < -0.39 is 5.79 Å². The lowest BCUT2D eigenvalue weighted by atomic mass is 10.1. The van der Waals surface area contributed by atoms with E-state index in [0.29, 0.717) is 0 Å². The molecule has 2 nitrogen and oxygen atoms in total. The van der Waals surface area contributed by atoms with E-state index in [1.165, 1.54) is 0 Å². The Balaban J connectivity index is 2.89. The van der Waals surface area contributed by atoms with E-state index in [0.717, 1.165) is 24.4 Å². The molecule has 1 rings (SSSR count). The van der Waals surface area contributed by atoms with Crippen molar-refractivity contribution in [1.29, 1.82) is 0 Å². The molecule has 0 bridgehead atoms. The van der Waals surface area contributed by atoms with Crippen molar-refractivity contribution < 1.29 is 9.47 Å². The van der Waals surface area contributed by atoms with E-state index in [9.17, 15) is 0 Å². The fourth-order valence-electron chi connectivity index (χ4n) is 1.47. The maximum atomic E-state index is 5.79. The van der Waals surface area contributed by atoms with Crippen LogP contribution in [0.5, 0.6) is 0 Å². The number of rotatable bonds is 4. The van der Waals surface area contributed by atoms with E-state index in [-0.39, 0.29) is 0 Å². The molecule has 0 aliphatic carbocycles. The van der Waals surface area contributed by atoms with Crippen LogP contribution in [0.15, 0.2) is 36.3 Å². The van der Waals surface area contributed by atoms with Crippen LogP contribution in [0.2, 0.25) is 0 Å². The van der Waals surface area contributed by atoms with Gasteiger partial charge in [-0.05, 0) is 19.1 Å². The van der Waals surface area contributed by atoms with Crippen LogP contribution in [0.1, 0.15) is 33.6 Å². The molecule has 0 aromatic rings. The van der Waals surface area contributed by atoms with E-state index in [1.54, 1.807) is 6.08 Å². The molecule has 0 spiro atoms. The third-order valence-electron chi connectivity index (χ3n) is 2.42. The summed E-state index contributed by atoms with van der Waals surface area (Å²) in [5, 5.41) is 0. The average Bonchev–Trinajstić information content (AvgIpc) is 2.58. The van der Waals surface area contributed by atoms with Gasteiger partial charge in [0.25, 0.3) is 5.79 Å². The smallest absolute Gasteiger partial charge is 0.251 e. The molecule has 2 heteroatoms. The molecule has 0 aromatic carbocycles. The predicted molar refractivity (Wildman–Crippen MR) is 57.5 cm³/mol. The highest BCUT2D eigenvalue weighted by molar-refractivity contribution is 5.26. The quantitative estimate of drug-likeness (QED) is 0.681. The molecular formula is C12H18O2. The van der Waals surface area contributed by atoms with Crippen LogP contribution in [-0.2, 0) is 9.47 Å². The van der Waals surface area contributed by atoms with Crippen LogP contribution in [0.4, 0.5) is 0 Å². The maximum Gasteiger partial charge on any atom is 0.251 e. The Morgan fingerprint density at radius 2 is 1.79 bits per heavy atom. The zero-order chi connectivity index (χ0) is 10.6. The van der Waals surface area contributed by atoms with Crippen LogP contribution < -0.4 is 0 Å².